The number of hydrogen-bond donors (Lipinski definition) is 0. The highest BCUT2D eigenvalue weighted by molar-refractivity contribution is 7.09. The van der Waals surface area contributed by atoms with E-state index in [1.165, 1.54) is 5.56 Å². The van der Waals surface area contributed by atoms with Crippen LogP contribution < -0.4 is 0 Å². The first kappa shape index (κ1) is 17.5. The molecule has 1 atom stereocenters. The lowest BCUT2D eigenvalue weighted by Gasteiger charge is -2.30. The molecule has 0 radical (unpaired) electrons. The van der Waals surface area contributed by atoms with Crippen LogP contribution in [0.25, 0.3) is 16.8 Å². The zero-order valence-corrected chi connectivity index (χ0v) is 16.5. The quantitative estimate of drug-likeness (QED) is 0.530. The Kier molecular flexibility index (Phi) is 4.64. The fourth-order valence-corrected chi connectivity index (χ4v) is 4.15. The van der Waals surface area contributed by atoms with Gasteiger partial charge in [-0.15, -0.1) is 16.4 Å². The van der Waals surface area contributed by atoms with Gasteiger partial charge in [0.05, 0.1) is 17.3 Å². The van der Waals surface area contributed by atoms with E-state index in [2.05, 4.69) is 33.5 Å². The summed E-state index contributed by atoms with van der Waals surface area (Å²) in [6.45, 7) is 5.24. The Bertz CT molecular complexity index is 1090. The van der Waals surface area contributed by atoms with E-state index >= 15 is 0 Å². The van der Waals surface area contributed by atoms with Gasteiger partial charge in [-0.1, -0.05) is 30.3 Å². The molecule has 0 spiro atoms. The molecule has 4 aromatic rings. The molecule has 0 aliphatic carbocycles. The summed E-state index contributed by atoms with van der Waals surface area (Å²) < 4.78 is 7.83. The molecule has 1 aliphatic rings. The first-order valence-corrected chi connectivity index (χ1v) is 10.3. The van der Waals surface area contributed by atoms with Gasteiger partial charge >= 0.3 is 0 Å². The van der Waals surface area contributed by atoms with Crippen LogP contribution in [-0.2, 0) is 11.3 Å². The van der Waals surface area contributed by atoms with Crippen LogP contribution in [0.3, 0.4) is 0 Å². The highest BCUT2D eigenvalue weighted by Gasteiger charge is 2.26. The lowest BCUT2D eigenvalue weighted by atomic mass is 10.1. The van der Waals surface area contributed by atoms with Gasteiger partial charge in [0.2, 0.25) is 0 Å². The molecule has 1 aliphatic heterocycles. The van der Waals surface area contributed by atoms with Crippen molar-refractivity contribution in [2.75, 3.05) is 19.7 Å². The SMILES string of the molecule is Cc1nc(CN2CCOC(c3nc4ccc(-c5ccccc5)cn4n3)C2)cs1. The summed E-state index contributed by atoms with van der Waals surface area (Å²) in [5.41, 5.74) is 4.25. The van der Waals surface area contributed by atoms with Gasteiger partial charge in [0.1, 0.15) is 6.10 Å². The van der Waals surface area contributed by atoms with Crippen molar-refractivity contribution in [1.29, 1.82) is 0 Å². The third kappa shape index (κ3) is 3.56. The maximum absolute atomic E-state index is 5.98. The molecule has 4 heterocycles. The molecule has 1 saturated heterocycles. The fourth-order valence-electron chi connectivity index (χ4n) is 3.55. The highest BCUT2D eigenvalue weighted by Crippen LogP contribution is 2.24. The number of ether oxygens (including phenoxy) is 1. The van der Waals surface area contributed by atoms with E-state index in [-0.39, 0.29) is 6.10 Å². The molecule has 1 unspecified atom stereocenters. The first-order chi connectivity index (χ1) is 13.7. The van der Waals surface area contributed by atoms with Gasteiger partial charge in [-0.05, 0) is 24.6 Å². The monoisotopic (exact) mass is 391 g/mol. The van der Waals surface area contributed by atoms with Crippen molar-refractivity contribution in [3.63, 3.8) is 0 Å². The number of aryl methyl sites for hydroxylation is 1. The van der Waals surface area contributed by atoms with Crippen molar-refractivity contribution < 1.29 is 4.74 Å². The van der Waals surface area contributed by atoms with Crippen LogP contribution in [0.15, 0.2) is 54.0 Å². The fraction of sp³-hybridized carbons (Fsp3) is 0.286. The molecule has 0 N–H and O–H groups in total. The predicted molar refractivity (Wildman–Crippen MR) is 109 cm³/mol. The van der Waals surface area contributed by atoms with Crippen LogP contribution in [0.1, 0.15) is 22.6 Å². The molecule has 0 saturated carbocycles. The number of fused-ring (bicyclic) bond motifs is 1. The minimum Gasteiger partial charge on any atom is -0.367 e. The molecule has 1 aromatic carbocycles. The lowest BCUT2D eigenvalue weighted by molar-refractivity contribution is -0.0373. The maximum atomic E-state index is 5.98. The van der Waals surface area contributed by atoms with Gasteiger partial charge in [0, 0.05) is 36.8 Å². The molecule has 1 fully saturated rings. The molecular formula is C21H21N5OS. The van der Waals surface area contributed by atoms with Crippen LogP contribution in [-0.4, -0.2) is 44.2 Å². The minimum atomic E-state index is -0.117. The zero-order valence-electron chi connectivity index (χ0n) is 15.7. The van der Waals surface area contributed by atoms with Crippen molar-refractivity contribution in [3.8, 4) is 11.1 Å². The second-order valence-electron chi connectivity index (χ2n) is 7.01. The highest BCUT2D eigenvalue weighted by atomic mass is 32.1. The Balaban J connectivity index is 1.36. The van der Waals surface area contributed by atoms with Crippen molar-refractivity contribution in [1.82, 2.24) is 24.5 Å². The Morgan fingerprint density at radius 2 is 2.00 bits per heavy atom. The molecule has 5 rings (SSSR count). The number of thiazole rings is 1. The molecular weight excluding hydrogens is 370 g/mol. The number of morpholine rings is 1. The third-order valence-corrected chi connectivity index (χ3v) is 5.77. The van der Waals surface area contributed by atoms with Gasteiger partial charge < -0.3 is 4.74 Å². The summed E-state index contributed by atoms with van der Waals surface area (Å²) >= 11 is 1.70. The Labute approximate surface area is 167 Å². The second kappa shape index (κ2) is 7.43. The average molecular weight is 392 g/mol. The summed E-state index contributed by atoms with van der Waals surface area (Å²) in [6.07, 6.45) is 1.91. The van der Waals surface area contributed by atoms with Crippen LogP contribution in [0.2, 0.25) is 0 Å². The number of benzene rings is 1. The van der Waals surface area contributed by atoms with Crippen LogP contribution in [0.4, 0.5) is 0 Å². The van der Waals surface area contributed by atoms with Gasteiger partial charge in [0.25, 0.3) is 0 Å². The average Bonchev–Trinajstić information content (AvgIpc) is 3.34. The van der Waals surface area contributed by atoms with Crippen molar-refractivity contribution >= 4 is 17.0 Å². The summed E-state index contributed by atoms with van der Waals surface area (Å²) in [5.74, 6) is 0.740. The maximum Gasteiger partial charge on any atom is 0.181 e. The van der Waals surface area contributed by atoms with Gasteiger partial charge in [-0.2, -0.15) is 0 Å². The number of hydrogen-bond acceptors (Lipinski definition) is 6. The molecule has 6 nitrogen and oxygen atoms in total. The molecule has 28 heavy (non-hydrogen) atoms. The zero-order chi connectivity index (χ0) is 18.9. The summed E-state index contributed by atoms with van der Waals surface area (Å²) in [4.78, 5) is 11.6. The largest absolute Gasteiger partial charge is 0.367 e. The standard InChI is InChI=1S/C21H21N5OS/c1-15-22-18(14-28-15)12-25-9-10-27-19(13-25)21-23-20-8-7-17(11-26(20)24-21)16-5-3-2-4-6-16/h2-8,11,14,19H,9-10,12-13H2,1H3. The van der Waals surface area contributed by atoms with E-state index in [9.17, 15) is 0 Å². The molecule has 0 amide bonds. The topological polar surface area (TPSA) is 55.5 Å². The minimum absolute atomic E-state index is 0.117. The van der Waals surface area contributed by atoms with Gasteiger partial charge in [-0.25, -0.2) is 14.5 Å². The van der Waals surface area contributed by atoms with E-state index in [0.717, 1.165) is 47.4 Å². The number of rotatable bonds is 4. The molecule has 0 bridgehead atoms. The molecule has 3 aromatic heterocycles. The molecule has 142 valence electrons. The van der Waals surface area contributed by atoms with Crippen LogP contribution in [0.5, 0.6) is 0 Å². The van der Waals surface area contributed by atoms with E-state index in [4.69, 9.17) is 14.8 Å². The molecule has 7 heteroatoms. The van der Waals surface area contributed by atoms with Crippen molar-refractivity contribution in [3.05, 3.63) is 70.6 Å². The number of aromatic nitrogens is 4. The Hall–Kier alpha value is -2.61. The normalized spacial score (nSPS) is 18.0. The number of nitrogens with zero attached hydrogens (tertiary/aromatic N) is 5. The van der Waals surface area contributed by atoms with Crippen molar-refractivity contribution in [2.24, 2.45) is 0 Å². The predicted octanol–water partition coefficient (Wildman–Crippen LogP) is 3.73. The van der Waals surface area contributed by atoms with Crippen LogP contribution >= 0.6 is 11.3 Å². The van der Waals surface area contributed by atoms with Gasteiger partial charge in [-0.3, -0.25) is 4.90 Å². The lowest BCUT2D eigenvalue weighted by Crippen LogP contribution is -2.38. The van der Waals surface area contributed by atoms with E-state index in [1.807, 2.05) is 41.9 Å². The summed E-state index contributed by atoms with van der Waals surface area (Å²) in [7, 11) is 0. The third-order valence-electron chi connectivity index (χ3n) is 4.95. The second-order valence-corrected chi connectivity index (χ2v) is 8.07. The van der Waals surface area contributed by atoms with E-state index in [0.29, 0.717) is 6.61 Å². The van der Waals surface area contributed by atoms with Gasteiger partial charge in [0.15, 0.2) is 11.5 Å². The smallest absolute Gasteiger partial charge is 0.181 e. The van der Waals surface area contributed by atoms with Crippen molar-refractivity contribution in [2.45, 2.75) is 19.6 Å². The first-order valence-electron chi connectivity index (χ1n) is 9.41. The number of pyridine rings is 1. The Morgan fingerprint density at radius 3 is 2.82 bits per heavy atom. The van der Waals surface area contributed by atoms with Crippen LogP contribution in [0, 0.1) is 6.92 Å². The summed E-state index contributed by atoms with van der Waals surface area (Å²) in [6, 6.07) is 14.4. The summed E-state index contributed by atoms with van der Waals surface area (Å²) in [5, 5.41) is 7.95. The van der Waals surface area contributed by atoms with E-state index in [1.54, 1.807) is 11.3 Å². The van der Waals surface area contributed by atoms with E-state index < -0.39 is 0 Å². The Morgan fingerprint density at radius 1 is 1.11 bits per heavy atom.